The molecule has 2 aromatic rings. The zero-order valence-corrected chi connectivity index (χ0v) is 16.6. The van der Waals surface area contributed by atoms with E-state index in [0.29, 0.717) is 23.6 Å². The van der Waals surface area contributed by atoms with E-state index in [1.54, 1.807) is 14.2 Å². The largest absolute Gasteiger partial charge is 0.493 e. The molecule has 6 heteroatoms. The van der Waals surface area contributed by atoms with Crippen molar-refractivity contribution < 1.29 is 19.0 Å². The van der Waals surface area contributed by atoms with Crippen LogP contribution in [-0.2, 0) is 17.7 Å². The molecule has 0 saturated carbocycles. The highest BCUT2D eigenvalue weighted by Crippen LogP contribution is 2.27. The first kappa shape index (κ1) is 20.2. The molecule has 0 bridgehead atoms. The number of nitrogens with zero attached hydrogens (tertiary/aromatic N) is 1. The summed E-state index contributed by atoms with van der Waals surface area (Å²) in [6, 6.07) is 13.6. The van der Waals surface area contributed by atoms with Gasteiger partial charge in [-0.25, -0.2) is 0 Å². The molecule has 1 amide bonds. The van der Waals surface area contributed by atoms with Crippen molar-refractivity contribution in [3.05, 3.63) is 59.2 Å². The summed E-state index contributed by atoms with van der Waals surface area (Å²) in [6.07, 6.45) is 0.723. The molecular formula is C22H28N2O4. The van der Waals surface area contributed by atoms with Crippen LogP contribution in [0.15, 0.2) is 42.5 Å². The zero-order valence-electron chi connectivity index (χ0n) is 16.6. The predicted octanol–water partition coefficient (Wildman–Crippen LogP) is 2.51. The fourth-order valence-corrected chi connectivity index (χ4v) is 3.24. The van der Waals surface area contributed by atoms with Crippen LogP contribution >= 0.6 is 0 Å². The smallest absolute Gasteiger partial charge is 0.251 e. The fraction of sp³-hybridized carbons (Fsp3) is 0.409. The van der Waals surface area contributed by atoms with Gasteiger partial charge in [0.05, 0.1) is 27.4 Å². The minimum absolute atomic E-state index is 0.0570. The molecule has 1 N–H and O–H groups in total. The number of hydrogen-bond donors (Lipinski definition) is 1. The van der Waals surface area contributed by atoms with Crippen LogP contribution in [0.2, 0.25) is 0 Å². The highest BCUT2D eigenvalue weighted by molar-refractivity contribution is 5.94. The second-order valence-corrected chi connectivity index (χ2v) is 6.78. The van der Waals surface area contributed by atoms with E-state index in [1.165, 1.54) is 5.56 Å². The Labute approximate surface area is 166 Å². The van der Waals surface area contributed by atoms with Gasteiger partial charge in [0.25, 0.3) is 5.91 Å². The van der Waals surface area contributed by atoms with Crippen LogP contribution in [0.25, 0.3) is 0 Å². The molecular weight excluding hydrogens is 356 g/mol. The molecule has 0 radical (unpaired) electrons. The molecule has 0 aromatic heterocycles. The molecule has 0 spiro atoms. The molecule has 1 saturated heterocycles. The Kier molecular flexibility index (Phi) is 7.28. The second-order valence-electron chi connectivity index (χ2n) is 6.78. The van der Waals surface area contributed by atoms with Gasteiger partial charge in [-0.3, -0.25) is 9.69 Å². The lowest BCUT2D eigenvalue weighted by Crippen LogP contribution is -2.35. The average Bonchev–Trinajstić information content (AvgIpc) is 2.74. The Morgan fingerprint density at radius 2 is 1.68 bits per heavy atom. The molecule has 1 aliphatic rings. The number of methoxy groups -OCH3 is 2. The maximum atomic E-state index is 12.4. The molecule has 3 rings (SSSR count). The van der Waals surface area contributed by atoms with Crippen molar-refractivity contribution in [1.82, 2.24) is 10.2 Å². The molecule has 6 nitrogen and oxygen atoms in total. The molecule has 2 aromatic carbocycles. The normalized spacial score (nSPS) is 14.5. The first-order chi connectivity index (χ1) is 13.7. The van der Waals surface area contributed by atoms with Crippen LogP contribution in [0.3, 0.4) is 0 Å². The molecule has 0 atom stereocenters. The molecule has 0 aliphatic carbocycles. The van der Waals surface area contributed by atoms with E-state index in [9.17, 15) is 4.79 Å². The Morgan fingerprint density at radius 3 is 2.36 bits per heavy atom. The van der Waals surface area contributed by atoms with Crippen LogP contribution in [0.5, 0.6) is 11.5 Å². The van der Waals surface area contributed by atoms with E-state index >= 15 is 0 Å². The number of morpholine rings is 1. The first-order valence-electron chi connectivity index (χ1n) is 9.57. The number of ether oxygens (including phenoxy) is 3. The van der Waals surface area contributed by atoms with Gasteiger partial charge in [-0.15, -0.1) is 0 Å². The van der Waals surface area contributed by atoms with Crippen LogP contribution in [0.1, 0.15) is 21.5 Å². The van der Waals surface area contributed by atoms with Gasteiger partial charge in [-0.05, 0) is 41.8 Å². The van der Waals surface area contributed by atoms with Crippen molar-refractivity contribution >= 4 is 5.91 Å². The van der Waals surface area contributed by atoms with E-state index in [1.807, 2.05) is 42.5 Å². The van der Waals surface area contributed by atoms with Gasteiger partial charge in [0, 0.05) is 31.7 Å². The van der Waals surface area contributed by atoms with Gasteiger partial charge in [0.1, 0.15) is 0 Å². The third-order valence-corrected chi connectivity index (χ3v) is 4.87. The second kappa shape index (κ2) is 10.1. The standard InChI is InChI=1S/C22H28N2O4/c1-26-20-8-5-17(15-21(20)27-2)9-10-23-22(25)19-6-3-18(4-7-19)16-24-11-13-28-14-12-24/h3-8,15H,9-14,16H2,1-2H3,(H,23,25). The molecule has 150 valence electrons. The van der Waals surface area contributed by atoms with Gasteiger partial charge < -0.3 is 19.5 Å². The van der Waals surface area contributed by atoms with Gasteiger partial charge >= 0.3 is 0 Å². The third kappa shape index (κ3) is 5.47. The third-order valence-electron chi connectivity index (χ3n) is 4.87. The van der Waals surface area contributed by atoms with Gasteiger partial charge in [-0.2, -0.15) is 0 Å². The lowest BCUT2D eigenvalue weighted by atomic mass is 10.1. The van der Waals surface area contributed by atoms with Gasteiger partial charge in [0.2, 0.25) is 0 Å². The Balaban J connectivity index is 1.48. The number of nitrogens with one attached hydrogen (secondary N) is 1. The van der Waals surface area contributed by atoms with Crippen LogP contribution < -0.4 is 14.8 Å². The summed E-state index contributed by atoms with van der Waals surface area (Å²) in [5.74, 6) is 1.34. The Morgan fingerprint density at radius 1 is 1.00 bits per heavy atom. The van der Waals surface area contributed by atoms with Crippen LogP contribution in [0.4, 0.5) is 0 Å². The summed E-state index contributed by atoms with van der Waals surface area (Å²) < 4.78 is 15.9. The molecule has 1 fully saturated rings. The van der Waals surface area contributed by atoms with Crippen molar-refractivity contribution in [2.45, 2.75) is 13.0 Å². The molecule has 28 heavy (non-hydrogen) atoms. The van der Waals surface area contributed by atoms with Crippen LogP contribution in [0, 0.1) is 0 Å². The average molecular weight is 384 g/mol. The minimum atomic E-state index is -0.0570. The minimum Gasteiger partial charge on any atom is -0.493 e. The van der Waals surface area contributed by atoms with Crippen molar-refractivity contribution in [2.24, 2.45) is 0 Å². The summed E-state index contributed by atoms with van der Waals surface area (Å²) >= 11 is 0. The van der Waals surface area contributed by atoms with Crippen molar-refractivity contribution in [3.8, 4) is 11.5 Å². The van der Waals surface area contributed by atoms with Gasteiger partial charge in [0.15, 0.2) is 11.5 Å². The van der Waals surface area contributed by atoms with E-state index in [4.69, 9.17) is 14.2 Å². The monoisotopic (exact) mass is 384 g/mol. The van der Waals surface area contributed by atoms with Crippen molar-refractivity contribution in [3.63, 3.8) is 0 Å². The van der Waals surface area contributed by atoms with Crippen LogP contribution in [-0.4, -0.2) is 57.9 Å². The number of carbonyl (C=O) groups is 1. The summed E-state index contributed by atoms with van der Waals surface area (Å²) in [6.45, 7) is 4.95. The predicted molar refractivity (Wildman–Crippen MR) is 108 cm³/mol. The van der Waals surface area contributed by atoms with Gasteiger partial charge in [-0.1, -0.05) is 18.2 Å². The van der Waals surface area contributed by atoms with Crippen molar-refractivity contribution in [2.75, 3.05) is 47.1 Å². The fourth-order valence-electron chi connectivity index (χ4n) is 3.24. The summed E-state index contributed by atoms with van der Waals surface area (Å²) in [7, 11) is 3.23. The summed E-state index contributed by atoms with van der Waals surface area (Å²) in [5.41, 5.74) is 2.97. The van der Waals surface area contributed by atoms with E-state index < -0.39 is 0 Å². The maximum Gasteiger partial charge on any atom is 0.251 e. The lowest BCUT2D eigenvalue weighted by Gasteiger charge is -2.26. The molecule has 0 unspecified atom stereocenters. The lowest BCUT2D eigenvalue weighted by molar-refractivity contribution is 0.0342. The van der Waals surface area contributed by atoms with E-state index in [0.717, 1.165) is 44.8 Å². The number of rotatable bonds is 8. The van der Waals surface area contributed by atoms with E-state index in [-0.39, 0.29) is 5.91 Å². The number of carbonyl (C=O) groups excluding carboxylic acids is 1. The molecule has 1 aliphatic heterocycles. The van der Waals surface area contributed by atoms with E-state index in [2.05, 4.69) is 10.2 Å². The zero-order chi connectivity index (χ0) is 19.8. The topological polar surface area (TPSA) is 60.0 Å². The quantitative estimate of drug-likeness (QED) is 0.758. The number of hydrogen-bond acceptors (Lipinski definition) is 5. The first-order valence-corrected chi connectivity index (χ1v) is 9.57. The Bertz CT molecular complexity index is 771. The number of benzene rings is 2. The summed E-state index contributed by atoms with van der Waals surface area (Å²) in [4.78, 5) is 14.7. The maximum absolute atomic E-state index is 12.4. The number of amides is 1. The van der Waals surface area contributed by atoms with Crippen molar-refractivity contribution in [1.29, 1.82) is 0 Å². The highest BCUT2D eigenvalue weighted by atomic mass is 16.5. The molecule has 1 heterocycles. The Hall–Kier alpha value is -2.57. The summed E-state index contributed by atoms with van der Waals surface area (Å²) in [5, 5.41) is 2.98. The highest BCUT2D eigenvalue weighted by Gasteiger charge is 2.11. The SMILES string of the molecule is COc1ccc(CCNC(=O)c2ccc(CN3CCOCC3)cc2)cc1OC.